The fourth-order valence-corrected chi connectivity index (χ4v) is 3.41. The van der Waals surface area contributed by atoms with Gasteiger partial charge in [-0.2, -0.15) is 0 Å². The quantitative estimate of drug-likeness (QED) is 0.854. The smallest absolute Gasteiger partial charge is 0.262 e. The molecule has 0 spiro atoms. The average molecular weight is 311 g/mol. The summed E-state index contributed by atoms with van der Waals surface area (Å²) in [6, 6.07) is 10.0. The molecule has 2 rings (SSSR count). The van der Waals surface area contributed by atoms with Crippen LogP contribution < -0.4 is 10.5 Å². The van der Waals surface area contributed by atoms with Crippen LogP contribution >= 0.6 is 11.6 Å². The molecule has 0 radical (unpaired) electrons. The molecular formula is C14H15ClN2O2S. The molecule has 0 aliphatic rings. The highest BCUT2D eigenvalue weighted by molar-refractivity contribution is 7.92. The van der Waals surface area contributed by atoms with Crippen LogP contribution in [0.5, 0.6) is 0 Å². The van der Waals surface area contributed by atoms with E-state index in [-0.39, 0.29) is 10.6 Å². The number of nitrogens with two attached hydrogens (primary N) is 1. The van der Waals surface area contributed by atoms with Crippen molar-refractivity contribution in [2.24, 2.45) is 0 Å². The zero-order valence-electron chi connectivity index (χ0n) is 11.1. The Kier molecular flexibility index (Phi) is 3.92. The second-order valence-corrected chi connectivity index (χ2v) is 6.67. The van der Waals surface area contributed by atoms with Gasteiger partial charge in [-0.05, 0) is 49.2 Å². The summed E-state index contributed by atoms with van der Waals surface area (Å²) in [6.45, 7) is 3.57. The Bertz CT molecular complexity index is 758. The van der Waals surface area contributed by atoms with Crippen LogP contribution in [-0.2, 0) is 10.0 Å². The van der Waals surface area contributed by atoms with E-state index in [0.717, 1.165) is 5.56 Å². The normalized spacial score (nSPS) is 11.3. The summed E-state index contributed by atoms with van der Waals surface area (Å²) in [4.78, 5) is 0.126. The van der Waals surface area contributed by atoms with Crippen LogP contribution in [0.25, 0.3) is 0 Å². The molecule has 0 saturated heterocycles. The molecule has 6 heteroatoms. The molecular weight excluding hydrogens is 296 g/mol. The third kappa shape index (κ3) is 3.05. The lowest BCUT2D eigenvalue weighted by Gasteiger charge is -2.12. The van der Waals surface area contributed by atoms with Gasteiger partial charge in [0.05, 0.1) is 15.6 Å². The third-order valence-corrected chi connectivity index (χ3v) is 4.70. The van der Waals surface area contributed by atoms with Crippen LogP contribution in [0.15, 0.2) is 41.3 Å². The molecule has 3 N–H and O–H groups in total. The van der Waals surface area contributed by atoms with Crippen LogP contribution in [0.4, 0.5) is 11.4 Å². The fraction of sp³-hybridized carbons (Fsp3) is 0.143. The summed E-state index contributed by atoms with van der Waals surface area (Å²) in [6.07, 6.45) is 0. The zero-order chi connectivity index (χ0) is 14.9. The minimum atomic E-state index is -3.69. The number of nitrogen functional groups attached to an aromatic ring is 1. The molecule has 106 valence electrons. The molecule has 0 atom stereocenters. The number of anilines is 2. The Labute approximate surface area is 123 Å². The van der Waals surface area contributed by atoms with Gasteiger partial charge in [0.15, 0.2) is 0 Å². The van der Waals surface area contributed by atoms with Crippen molar-refractivity contribution in [2.75, 3.05) is 10.5 Å². The first-order valence-electron chi connectivity index (χ1n) is 5.95. The molecule has 0 aliphatic carbocycles. The lowest BCUT2D eigenvalue weighted by atomic mass is 10.2. The van der Waals surface area contributed by atoms with Crippen LogP contribution in [0.2, 0.25) is 5.02 Å². The predicted octanol–water partition coefficient (Wildman–Crippen LogP) is 3.34. The number of rotatable bonds is 3. The molecule has 4 nitrogen and oxygen atoms in total. The first-order valence-corrected chi connectivity index (χ1v) is 7.81. The van der Waals surface area contributed by atoms with E-state index in [4.69, 9.17) is 17.3 Å². The highest BCUT2D eigenvalue weighted by Crippen LogP contribution is 2.27. The first kappa shape index (κ1) is 14.7. The maximum atomic E-state index is 12.4. The topological polar surface area (TPSA) is 72.2 Å². The number of sulfonamides is 1. The van der Waals surface area contributed by atoms with Gasteiger partial charge in [-0.1, -0.05) is 23.7 Å². The highest BCUT2D eigenvalue weighted by atomic mass is 35.5. The summed E-state index contributed by atoms with van der Waals surface area (Å²) in [7, 11) is -3.69. The number of halogens is 1. The van der Waals surface area contributed by atoms with Crippen LogP contribution in [0, 0.1) is 13.8 Å². The van der Waals surface area contributed by atoms with Crippen molar-refractivity contribution in [2.45, 2.75) is 18.7 Å². The Balaban J connectivity index is 2.43. The maximum absolute atomic E-state index is 12.4. The number of aryl methyl sites for hydroxylation is 2. The number of hydrogen-bond donors (Lipinski definition) is 2. The minimum Gasteiger partial charge on any atom is -0.397 e. The molecule has 0 heterocycles. The first-order chi connectivity index (χ1) is 9.29. The summed E-state index contributed by atoms with van der Waals surface area (Å²) < 4.78 is 27.3. The van der Waals surface area contributed by atoms with Crippen LogP contribution in [0.1, 0.15) is 11.1 Å². The summed E-state index contributed by atoms with van der Waals surface area (Å²) in [5.74, 6) is 0. The molecule has 20 heavy (non-hydrogen) atoms. The molecule has 0 aromatic heterocycles. The van der Waals surface area contributed by atoms with E-state index in [0.29, 0.717) is 16.3 Å². The fourth-order valence-electron chi connectivity index (χ4n) is 1.88. The van der Waals surface area contributed by atoms with Gasteiger partial charge in [-0.15, -0.1) is 0 Å². The van der Waals surface area contributed by atoms with E-state index in [9.17, 15) is 8.42 Å². The van der Waals surface area contributed by atoms with Crippen molar-refractivity contribution >= 4 is 33.0 Å². The number of benzene rings is 2. The largest absolute Gasteiger partial charge is 0.397 e. The highest BCUT2D eigenvalue weighted by Gasteiger charge is 2.18. The molecule has 0 aliphatic heterocycles. The lowest BCUT2D eigenvalue weighted by Crippen LogP contribution is -2.14. The molecule has 0 unspecified atom stereocenters. The second-order valence-electron chi connectivity index (χ2n) is 4.61. The number of hydrogen-bond acceptors (Lipinski definition) is 3. The van der Waals surface area contributed by atoms with Gasteiger partial charge in [0, 0.05) is 5.69 Å². The van der Waals surface area contributed by atoms with Crippen molar-refractivity contribution in [3.05, 3.63) is 52.5 Å². The molecule has 2 aromatic rings. The monoisotopic (exact) mass is 310 g/mol. The summed E-state index contributed by atoms with van der Waals surface area (Å²) in [5, 5.41) is 0.344. The Morgan fingerprint density at radius 1 is 1.15 bits per heavy atom. The van der Waals surface area contributed by atoms with E-state index in [2.05, 4.69) is 4.72 Å². The van der Waals surface area contributed by atoms with E-state index < -0.39 is 10.0 Å². The predicted molar refractivity (Wildman–Crippen MR) is 82.6 cm³/mol. The second kappa shape index (κ2) is 5.34. The van der Waals surface area contributed by atoms with Gasteiger partial charge in [0.1, 0.15) is 0 Å². The SMILES string of the molecule is Cc1cccc(NS(=O)(=O)c2cc(N)c(Cl)cc2C)c1. The van der Waals surface area contributed by atoms with Crippen molar-refractivity contribution in [3.63, 3.8) is 0 Å². The Hall–Kier alpha value is -1.72. The molecule has 0 fully saturated rings. The van der Waals surface area contributed by atoms with Gasteiger partial charge in [-0.3, -0.25) is 4.72 Å². The van der Waals surface area contributed by atoms with Crippen LogP contribution in [0.3, 0.4) is 0 Å². The van der Waals surface area contributed by atoms with E-state index in [1.54, 1.807) is 31.2 Å². The van der Waals surface area contributed by atoms with Gasteiger partial charge >= 0.3 is 0 Å². The standard InChI is InChI=1S/C14H15ClN2O2S/c1-9-4-3-5-11(6-9)17-20(18,19)14-8-13(16)12(15)7-10(14)2/h3-8,17H,16H2,1-2H3. The Morgan fingerprint density at radius 3 is 2.50 bits per heavy atom. The third-order valence-electron chi connectivity index (χ3n) is 2.85. The lowest BCUT2D eigenvalue weighted by molar-refractivity contribution is 0.600. The van der Waals surface area contributed by atoms with Gasteiger partial charge < -0.3 is 5.73 Å². The van der Waals surface area contributed by atoms with Crippen molar-refractivity contribution in [3.8, 4) is 0 Å². The minimum absolute atomic E-state index is 0.126. The molecule has 2 aromatic carbocycles. The van der Waals surface area contributed by atoms with Crippen molar-refractivity contribution < 1.29 is 8.42 Å². The van der Waals surface area contributed by atoms with Crippen LogP contribution in [-0.4, -0.2) is 8.42 Å². The van der Waals surface area contributed by atoms with E-state index in [1.807, 2.05) is 13.0 Å². The zero-order valence-corrected chi connectivity index (χ0v) is 12.7. The van der Waals surface area contributed by atoms with Gasteiger partial charge in [0.25, 0.3) is 10.0 Å². The number of nitrogens with one attached hydrogen (secondary N) is 1. The van der Waals surface area contributed by atoms with Gasteiger partial charge in [0.2, 0.25) is 0 Å². The molecule has 0 amide bonds. The van der Waals surface area contributed by atoms with E-state index >= 15 is 0 Å². The molecule has 0 saturated carbocycles. The van der Waals surface area contributed by atoms with E-state index in [1.165, 1.54) is 6.07 Å². The Morgan fingerprint density at radius 2 is 1.85 bits per heavy atom. The van der Waals surface area contributed by atoms with Crippen molar-refractivity contribution in [1.29, 1.82) is 0 Å². The van der Waals surface area contributed by atoms with Crippen molar-refractivity contribution in [1.82, 2.24) is 0 Å². The maximum Gasteiger partial charge on any atom is 0.262 e. The summed E-state index contributed by atoms with van der Waals surface area (Å²) >= 11 is 5.88. The summed E-state index contributed by atoms with van der Waals surface area (Å²) in [5.41, 5.74) is 7.95. The molecule has 0 bridgehead atoms. The average Bonchev–Trinajstić information content (AvgIpc) is 2.33. The van der Waals surface area contributed by atoms with Gasteiger partial charge in [-0.25, -0.2) is 8.42 Å².